The Labute approximate surface area is 151 Å². The Bertz CT molecular complexity index is 619. The second-order valence-electron chi connectivity index (χ2n) is 7.08. The Hall–Kier alpha value is -1.15. The van der Waals surface area contributed by atoms with Gasteiger partial charge in [-0.2, -0.15) is 8.42 Å². The summed E-state index contributed by atoms with van der Waals surface area (Å²) < 4.78 is 46.8. The van der Waals surface area contributed by atoms with Gasteiger partial charge >= 0.3 is 0 Å². The van der Waals surface area contributed by atoms with Crippen LogP contribution in [0.2, 0.25) is 0 Å². The van der Waals surface area contributed by atoms with Gasteiger partial charge in [-0.15, -0.1) is 0 Å². The topological polar surface area (TPSA) is 82.1 Å². The maximum atomic E-state index is 10.8. The first-order valence-corrected chi connectivity index (χ1v) is 9.91. The van der Waals surface area contributed by atoms with E-state index in [1.54, 1.807) is 14.2 Å². The number of methoxy groups -OCH3 is 2. The third kappa shape index (κ3) is 7.73. The maximum Gasteiger partial charge on any atom is 0.264 e. The van der Waals surface area contributed by atoms with Crippen LogP contribution in [0.5, 0.6) is 5.75 Å². The molecule has 0 fully saturated rings. The molecule has 0 saturated carbocycles. The minimum atomic E-state index is -3.92. The Balaban J connectivity index is 2.97. The highest BCUT2D eigenvalue weighted by Gasteiger charge is 2.20. The number of benzene rings is 1. The van der Waals surface area contributed by atoms with E-state index in [0.29, 0.717) is 32.7 Å². The van der Waals surface area contributed by atoms with E-state index in [-0.39, 0.29) is 11.2 Å². The average molecular weight is 374 g/mol. The number of unbranched alkanes of at least 4 members (excludes halogenated alkanes) is 1. The van der Waals surface area contributed by atoms with Crippen LogP contribution >= 0.6 is 0 Å². The van der Waals surface area contributed by atoms with Crippen LogP contribution in [0.3, 0.4) is 0 Å². The van der Waals surface area contributed by atoms with Crippen LogP contribution in [0.15, 0.2) is 12.1 Å². The summed E-state index contributed by atoms with van der Waals surface area (Å²) in [6.07, 6.45) is 0.873. The molecule has 0 aliphatic rings. The van der Waals surface area contributed by atoms with Gasteiger partial charge < -0.3 is 14.2 Å². The van der Waals surface area contributed by atoms with E-state index in [1.807, 2.05) is 0 Å². The standard InChI is InChI=1S/C18H30O6S/c1-18(2,3)16-10-14(12-22-4)17(15(11-16)13-23-5)24-8-6-7-9-25(19,20)21/h10-11H,6-9,12-13H2,1-5H3,(H,19,20,21). The zero-order valence-corrected chi connectivity index (χ0v) is 16.6. The van der Waals surface area contributed by atoms with Crippen molar-refractivity contribution in [2.45, 2.75) is 52.2 Å². The Morgan fingerprint density at radius 1 is 1.00 bits per heavy atom. The lowest BCUT2D eigenvalue weighted by atomic mass is 9.84. The molecule has 0 atom stereocenters. The van der Waals surface area contributed by atoms with Crippen molar-refractivity contribution >= 4 is 10.1 Å². The number of hydrogen-bond donors (Lipinski definition) is 1. The SMILES string of the molecule is COCc1cc(C(C)(C)C)cc(COC)c1OCCCCS(=O)(=O)O. The van der Waals surface area contributed by atoms with E-state index in [9.17, 15) is 8.42 Å². The normalized spacial score (nSPS) is 12.4. The van der Waals surface area contributed by atoms with Gasteiger partial charge in [-0.25, -0.2) is 0 Å². The zero-order valence-electron chi connectivity index (χ0n) is 15.8. The summed E-state index contributed by atoms with van der Waals surface area (Å²) in [6, 6.07) is 4.16. The van der Waals surface area contributed by atoms with E-state index >= 15 is 0 Å². The third-order valence-electron chi connectivity index (χ3n) is 3.75. The fraction of sp³-hybridized carbons (Fsp3) is 0.667. The van der Waals surface area contributed by atoms with Crippen molar-refractivity contribution < 1.29 is 27.2 Å². The molecule has 6 nitrogen and oxygen atoms in total. The van der Waals surface area contributed by atoms with Gasteiger partial charge in [0.05, 0.1) is 25.6 Å². The Kier molecular flexibility index (Phi) is 8.34. The van der Waals surface area contributed by atoms with Crippen molar-refractivity contribution in [1.29, 1.82) is 0 Å². The smallest absolute Gasteiger partial charge is 0.264 e. The Morgan fingerprint density at radius 2 is 1.52 bits per heavy atom. The molecule has 1 aromatic carbocycles. The average Bonchev–Trinajstić information content (AvgIpc) is 2.47. The first-order chi connectivity index (χ1) is 11.6. The molecule has 144 valence electrons. The van der Waals surface area contributed by atoms with Gasteiger partial charge in [-0.05, 0) is 36.0 Å². The van der Waals surface area contributed by atoms with E-state index < -0.39 is 10.1 Å². The molecule has 1 rings (SSSR count). The van der Waals surface area contributed by atoms with Gasteiger partial charge in [0.1, 0.15) is 5.75 Å². The molecule has 0 unspecified atom stereocenters. The van der Waals surface area contributed by atoms with Gasteiger partial charge in [0.2, 0.25) is 0 Å². The molecule has 1 N–H and O–H groups in total. The highest BCUT2D eigenvalue weighted by molar-refractivity contribution is 7.85. The van der Waals surface area contributed by atoms with E-state index in [2.05, 4.69) is 32.9 Å². The predicted octanol–water partition coefficient (Wildman–Crippen LogP) is 3.32. The van der Waals surface area contributed by atoms with Crippen molar-refractivity contribution in [1.82, 2.24) is 0 Å². The molecular formula is C18H30O6S. The minimum absolute atomic E-state index is 0.0149. The van der Waals surface area contributed by atoms with Crippen molar-refractivity contribution in [2.24, 2.45) is 0 Å². The first-order valence-electron chi connectivity index (χ1n) is 8.30. The van der Waals surface area contributed by atoms with Crippen LogP contribution in [0.4, 0.5) is 0 Å². The lowest BCUT2D eigenvalue weighted by molar-refractivity contribution is 0.170. The largest absolute Gasteiger partial charge is 0.493 e. The van der Waals surface area contributed by atoms with Crippen LogP contribution in [0, 0.1) is 0 Å². The molecule has 0 spiro atoms. The van der Waals surface area contributed by atoms with E-state index in [4.69, 9.17) is 18.8 Å². The van der Waals surface area contributed by atoms with Crippen LogP contribution < -0.4 is 4.74 Å². The molecule has 0 saturated heterocycles. The van der Waals surface area contributed by atoms with Crippen molar-refractivity contribution in [3.8, 4) is 5.75 Å². The molecule has 0 bridgehead atoms. The van der Waals surface area contributed by atoms with Crippen molar-refractivity contribution in [3.05, 3.63) is 28.8 Å². The molecule has 0 aliphatic heterocycles. The fourth-order valence-corrected chi connectivity index (χ4v) is 3.03. The van der Waals surface area contributed by atoms with E-state index in [0.717, 1.165) is 16.9 Å². The molecule has 0 radical (unpaired) electrons. The second-order valence-corrected chi connectivity index (χ2v) is 8.65. The number of rotatable bonds is 10. The second kappa shape index (κ2) is 9.52. The molecular weight excluding hydrogens is 344 g/mol. The summed E-state index contributed by atoms with van der Waals surface area (Å²) in [4.78, 5) is 0. The molecule has 25 heavy (non-hydrogen) atoms. The van der Waals surface area contributed by atoms with Crippen LogP contribution in [0.1, 0.15) is 50.3 Å². The molecule has 1 aromatic rings. The van der Waals surface area contributed by atoms with E-state index in [1.165, 1.54) is 5.56 Å². The monoisotopic (exact) mass is 374 g/mol. The van der Waals surface area contributed by atoms with Crippen LogP contribution in [-0.4, -0.2) is 39.5 Å². The minimum Gasteiger partial charge on any atom is -0.493 e. The summed E-state index contributed by atoms with van der Waals surface area (Å²) in [5, 5.41) is 0. The zero-order chi connectivity index (χ0) is 19.1. The van der Waals surface area contributed by atoms with Gasteiger partial charge in [0, 0.05) is 25.3 Å². The summed E-state index contributed by atoms with van der Waals surface area (Å²) in [6.45, 7) is 7.63. The molecule has 0 aliphatic carbocycles. The van der Waals surface area contributed by atoms with Crippen molar-refractivity contribution in [2.75, 3.05) is 26.6 Å². The van der Waals surface area contributed by atoms with Crippen molar-refractivity contribution in [3.63, 3.8) is 0 Å². The van der Waals surface area contributed by atoms with Crippen LogP contribution in [0.25, 0.3) is 0 Å². The lowest BCUT2D eigenvalue weighted by Gasteiger charge is -2.24. The summed E-state index contributed by atoms with van der Waals surface area (Å²) in [7, 11) is -0.651. The highest BCUT2D eigenvalue weighted by Crippen LogP contribution is 2.33. The summed E-state index contributed by atoms with van der Waals surface area (Å²) in [5.74, 6) is 0.471. The highest BCUT2D eigenvalue weighted by atomic mass is 32.2. The predicted molar refractivity (Wildman–Crippen MR) is 97.7 cm³/mol. The van der Waals surface area contributed by atoms with Gasteiger partial charge in [0.15, 0.2) is 0 Å². The number of hydrogen-bond acceptors (Lipinski definition) is 5. The fourth-order valence-electron chi connectivity index (χ4n) is 2.46. The molecule has 0 aromatic heterocycles. The van der Waals surface area contributed by atoms with Gasteiger partial charge in [-0.3, -0.25) is 4.55 Å². The summed E-state index contributed by atoms with van der Waals surface area (Å²) in [5.41, 5.74) is 3.04. The first kappa shape index (κ1) is 21.9. The van der Waals surface area contributed by atoms with Gasteiger partial charge in [0.25, 0.3) is 10.1 Å². The molecule has 0 amide bonds. The molecule has 0 heterocycles. The summed E-state index contributed by atoms with van der Waals surface area (Å²) >= 11 is 0. The lowest BCUT2D eigenvalue weighted by Crippen LogP contribution is -2.14. The number of ether oxygens (including phenoxy) is 3. The Morgan fingerprint density at radius 3 is 1.92 bits per heavy atom. The molecule has 7 heteroatoms. The third-order valence-corrected chi connectivity index (χ3v) is 4.56. The quantitative estimate of drug-likeness (QED) is 0.500. The van der Waals surface area contributed by atoms with Gasteiger partial charge in [-0.1, -0.05) is 20.8 Å². The van der Waals surface area contributed by atoms with Crippen LogP contribution in [-0.2, 0) is 38.2 Å². The maximum absolute atomic E-state index is 10.8.